The van der Waals surface area contributed by atoms with E-state index in [9.17, 15) is 4.79 Å². The lowest BCUT2D eigenvalue weighted by molar-refractivity contribution is 0.104. The number of carbonyl (C=O) groups excluding carboxylic acids is 1. The van der Waals surface area contributed by atoms with E-state index in [2.05, 4.69) is 4.98 Å². The predicted octanol–water partition coefficient (Wildman–Crippen LogP) is 6.03. The Morgan fingerprint density at radius 1 is 0.968 bits per heavy atom. The van der Waals surface area contributed by atoms with Gasteiger partial charge in [0, 0.05) is 22.7 Å². The molecule has 0 bridgehead atoms. The molecule has 0 aliphatic rings. The van der Waals surface area contributed by atoms with Gasteiger partial charge in [0.2, 0.25) is 0 Å². The van der Waals surface area contributed by atoms with Crippen molar-refractivity contribution in [1.29, 1.82) is 0 Å². The molecule has 0 N–H and O–H groups in total. The van der Waals surface area contributed by atoms with Crippen molar-refractivity contribution in [2.75, 3.05) is 7.11 Å². The van der Waals surface area contributed by atoms with Crippen LogP contribution >= 0.6 is 0 Å². The zero-order valence-electron chi connectivity index (χ0n) is 17.5. The SMILES string of the molecule is COc1ccc(/C=C/C(=O)c2cccc(C)c2)cc1COc1cccc2cccnc12. The molecule has 0 aliphatic heterocycles. The van der Waals surface area contributed by atoms with Crippen LogP contribution in [0.1, 0.15) is 27.0 Å². The zero-order valence-corrected chi connectivity index (χ0v) is 17.5. The Hall–Kier alpha value is -3.92. The minimum atomic E-state index is -0.0286. The second-order valence-corrected chi connectivity index (χ2v) is 7.26. The molecule has 0 saturated heterocycles. The molecule has 4 aromatic rings. The normalized spacial score (nSPS) is 11.0. The van der Waals surface area contributed by atoms with Crippen molar-refractivity contribution < 1.29 is 14.3 Å². The van der Waals surface area contributed by atoms with Crippen LogP contribution < -0.4 is 9.47 Å². The summed E-state index contributed by atoms with van der Waals surface area (Å²) in [5.74, 6) is 1.42. The maximum absolute atomic E-state index is 12.5. The lowest BCUT2D eigenvalue weighted by Gasteiger charge is -2.12. The third-order valence-corrected chi connectivity index (χ3v) is 5.01. The van der Waals surface area contributed by atoms with Gasteiger partial charge in [-0.2, -0.15) is 0 Å². The van der Waals surface area contributed by atoms with Gasteiger partial charge in [-0.1, -0.05) is 54.1 Å². The molecule has 1 heterocycles. The van der Waals surface area contributed by atoms with Crippen molar-refractivity contribution in [2.45, 2.75) is 13.5 Å². The smallest absolute Gasteiger partial charge is 0.185 e. The summed E-state index contributed by atoms with van der Waals surface area (Å²) < 4.78 is 11.6. The number of nitrogens with zero attached hydrogens (tertiary/aromatic N) is 1. The molecule has 0 amide bonds. The monoisotopic (exact) mass is 409 g/mol. The Kier molecular flexibility index (Phi) is 6.08. The number of para-hydroxylation sites is 1. The quantitative estimate of drug-likeness (QED) is 0.276. The van der Waals surface area contributed by atoms with Crippen molar-refractivity contribution in [3.8, 4) is 11.5 Å². The topological polar surface area (TPSA) is 48.4 Å². The van der Waals surface area contributed by atoms with E-state index in [1.807, 2.05) is 85.8 Å². The third-order valence-electron chi connectivity index (χ3n) is 5.01. The van der Waals surface area contributed by atoms with Crippen LogP contribution in [0.25, 0.3) is 17.0 Å². The number of hydrogen-bond donors (Lipinski definition) is 0. The zero-order chi connectivity index (χ0) is 21.6. The second-order valence-electron chi connectivity index (χ2n) is 7.26. The first-order valence-corrected chi connectivity index (χ1v) is 10.1. The molecule has 4 heteroatoms. The van der Waals surface area contributed by atoms with Crippen LogP contribution in [0.15, 0.2) is 85.1 Å². The molecule has 0 spiro atoms. The molecule has 0 atom stereocenters. The Labute approximate surface area is 181 Å². The minimum Gasteiger partial charge on any atom is -0.496 e. The van der Waals surface area contributed by atoms with E-state index >= 15 is 0 Å². The highest BCUT2D eigenvalue weighted by atomic mass is 16.5. The molecule has 0 aliphatic carbocycles. The summed E-state index contributed by atoms with van der Waals surface area (Å²) >= 11 is 0. The fourth-order valence-electron chi connectivity index (χ4n) is 3.43. The van der Waals surface area contributed by atoms with Gasteiger partial charge in [-0.15, -0.1) is 0 Å². The largest absolute Gasteiger partial charge is 0.496 e. The first kappa shape index (κ1) is 20.4. The van der Waals surface area contributed by atoms with Gasteiger partial charge in [-0.05, 0) is 48.9 Å². The van der Waals surface area contributed by atoms with Gasteiger partial charge in [0.05, 0.1) is 7.11 Å². The first-order chi connectivity index (χ1) is 15.1. The summed E-state index contributed by atoms with van der Waals surface area (Å²) in [6, 6.07) is 23.1. The maximum atomic E-state index is 12.5. The van der Waals surface area contributed by atoms with Crippen LogP contribution in [0.4, 0.5) is 0 Å². The van der Waals surface area contributed by atoms with E-state index < -0.39 is 0 Å². The molecular weight excluding hydrogens is 386 g/mol. The Morgan fingerprint density at radius 3 is 2.65 bits per heavy atom. The minimum absolute atomic E-state index is 0.0286. The fourth-order valence-corrected chi connectivity index (χ4v) is 3.43. The first-order valence-electron chi connectivity index (χ1n) is 10.1. The number of allylic oxidation sites excluding steroid dienone is 1. The van der Waals surface area contributed by atoms with Crippen molar-refractivity contribution in [3.05, 3.63) is 107 Å². The molecule has 4 rings (SSSR count). The fraction of sp³-hybridized carbons (Fsp3) is 0.111. The lowest BCUT2D eigenvalue weighted by atomic mass is 10.1. The molecule has 0 fully saturated rings. The van der Waals surface area contributed by atoms with E-state index in [1.54, 1.807) is 19.4 Å². The molecule has 154 valence electrons. The number of pyridine rings is 1. The number of benzene rings is 3. The number of carbonyl (C=O) groups is 1. The van der Waals surface area contributed by atoms with Gasteiger partial charge < -0.3 is 9.47 Å². The van der Waals surface area contributed by atoms with Crippen LogP contribution in [0.2, 0.25) is 0 Å². The van der Waals surface area contributed by atoms with E-state index in [-0.39, 0.29) is 5.78 Å². The van der Waals surface area contributed by atoms with Crippen LogP contribution in [-0.4, -0.2) is 17.9 Å². The average molecular weight is 409 g/mol. The number of methoxy groups -OCH3 is 1. The van der Waals surface area contributed by atoms with Crippen LogP contribution in [0.3, 0.4) is 0 Å². The summed E-state index contributed by atoms with van der Waals surface area (Å²) in [5.41, 5.74) is 4.35. The highest BCUT2D eigenvalue weighted by Crippen LogP contribution is 2.27. The number of ketones is 1. The molecule has 0 unspecified atom stereocenters. The van der Waals surface area contributed by atoms with Crippen LogP contribution in [0.5, 0.6) is 11.5 Å². The molecule has 0 radical (unpaired) electrons. The maximum Gasteiger partial charge on any atom is 0.185 e. The molecule has 3 aromatic carbocycles. The van der Waals surface area contributed by atoms with Gasteiger partial charge >= 0.3 is 0 Å². The van der Waals surface area contributed by atoms with E-state index in [1.165, 1.54) is 0 Å². The van der Waals surface area contributed by atoms with E-state index in [0.29, 0.717) is 12.2 Å². The summed E-state index contributed by atoms with van der Waals surface area (Å²) in [5, 5.41) is 1.03. The van der Waals surface area contributed by atoms with Gasteiger partial charge in [0.1, 0.15) is 23.6 Å². The molecular formula is C27H23NO3. The van der Waals surface area contributed by atoms with Crippen molar-refractivity contribution in [3.63, 3.8) is 0 Å². The highest BCUT2D eigenvalue weighted by Gasteiger charge is 2.08. The van der Waals surface area contributed by atoms with Gasteiger partial charge in [-0.3, -0.25) is 9.78 Å². The molecule has 31 heavy (non-hydrogen) atoms. The molecule has 1 aromatic heterocycles. The van der Waals surface area contributed by atoms with E-state index in [0.717, 1.165) is 39.1 Å². The van der Waals surface area contributed by atoms with Crippen molar-refractivity contribution in [2.24, 2.45) is 0 Å². The van der Waals surface area contributed by atoms with Crippen molar-refractivity contribution in [1.82, 2.24) is 4.98 Å². The summed E-state index contributed by atoms with van der Waals surface area (Å²) in [6.45, 7) is 2.30. The number of aromatic nitrogens is 1. The van der Waals surface area contributed by atoms with Crippen LogP contribution in [-0.2, 0) is 6.61 Å². The van der Waals surface area contributed by atoms with Crippen LogP contribution in [0, 0.1) is 6.92 Å². The number of fused-ring (bicyclic) bond motifs is 1. The third kappa shape index (κ3) is 4.81. The number of hydrogen-bond acceptors (Lipinski definition) is 4. The highest BCUT2D eigenvalue weighted by molar-refractivity contribution is 6.06. The summed E-state index contributed by atoms with van der Waals surface area (Å²) in [7, 11) is 1.63. The number of ether oxygens (including phenoxy) is 2. The van der Waals surface area contributed by atoms with Crippen molar-refractivity contribution >= 4 is 22.8 Å². The Balaban J connectivity index is 1.54. The average Bonchev–Trinajstić information content (AvgIpc) is 2.81. The van der Waals surface area contributed by atoms with Gasteiger partial charge in [0.25, 0.3) is 0 Å². The van der Waals surface area contributed by atoms with Gasteiger partial charge in [0.15, 0.2) is 5.78 Å². The lowest BCUT2D eigenvalue weighted by Crippen LogP contribution is -2.00. The predicted molar refractivity (Wildman–Crippen MR) is 124 cm³/mol. The second kappa shape index (κ2) is 9.26. The Bertz CT molecular complexity index is 1260. The number of aryl methyl sites for hydroxylation is 1. The van der Waals surface area contributed by atoms with Gasteiger partial charge in [-0.25, -0.2) is 0 Å². The number of rotatable bonds is 7. The van der Waals surface area contributed by atoms with E-state index in [4.69, 9.17) is 9.47 Å². The Morgan fingerprint density at radius 2 is 1.81 bits per heavy atom. The summed E-state index contributed by atoms with van der Waals surface area (Å²) in [6.07, 6.45) is 5.16. The molecule has 0 saturated carbocycles. The standard InChI is InChI=1S/C27H23NO3/c1-19-6-3-8-22(16-19)24(29)13-11-20-12-14-25(30-2)23(17-20)18-31-26-10-4-7-21-9-5-15-28-27(21)26/h3-17H,18H2,1-2H3/b13-11+. The summed E-state index contributed by atoms with van der Waals surface area (Å²) in [4.78, 5) is 16.9. The molecule has 4 nitrogen and oxygen atoms in total.